The topological polar surface area (TPSA) is 49.8 Å². The lowest BCUT2D eigenvalue weighted by Crippen LogP contribution is -2.45. The molecule has 1 aromatic carbocycles. The molecule has 5 atom stereocenters. The average Bonchev–Trinajstić information content (AvgIpc) is 3.18. The average molecular weight is 488 g/mol. The summed E-state index contributed by atoms with van der Waals surface area (Å²) in [5, 5.41) is 11.1. The van der Waals surface area contributed by atoms with Crippen LogP contribution in [0.1, 0.15) is 75.8 Å². The van der Waals surface area contributed by atoms with Gasteiger partial charge in [0, 0.05) is 31.1 Å². The summed E-state index contributed by atoms with van der Waals surface area (Å²) in [6.45, 7) is 9.78. The molecule has 3 fully saturated rings. The fourth-order valence-electron chi connectivity index (χ4n) is 7.98. The number of fused-ring (bicyclic) bond motifs is 4. The van der Waals surface area contributed by atoms with E-state index in [0.717, 1.165) is 64.8 Å². The van der Waals surface area contributed by atoms with Crippen molar-refractivity contribution in [2.45, 2.75) is 77.7 Å². The number of aliphatic hydroxyl groups is 1. The largest absolute Gasteiger partial charge is 0.393 e. The van der Waals surface area contributed by atoms with Gasteiger partial charge in [-0.05, 0) is 110 Å². The van der Waals surface area contributed by atoms with E-state index < -0.39 is 0 Å². The van der Waals surface area contributed by atoms with E-state index in [2.05, 4.69) is 49.3 Å². The first-order chi connectivity index (χ1) is 17.4. The standard InChI is InChI=1S/C29H37NO3.C3H4/c1-18-15-20(30-11-13-33-14-12-30)4-7-22(18)25-17-29(2)26(9-10-27(29)32)24-6-3-19-16-21(31)5-8-23(19)28(24)25;1-3-2/h4,7,15-16,24-27,32H,3,5-6,8-14,17H2,1-2H3;1H,2H3. The molecule has 0 radical (unpaired) electrons. The maximum absolute atomic E-state index is 12.2. The highest BCUT2D eigenvalue weighted by molar-refractivity contribution is 5.93. The fourth-order valence-corrected chi connectivity index (χ4v) is 7.98. The molecular formula is C32H41NO3. The van der Waals surface area contributed by atoms with E-state index in [-0.39, 0.29) is 11.5 Å². The van der Waals surface area contributed by atoms with E-state index >= 15 is 0 Å². The summed E-state index contributed by atoms with van der Waals surface area (Å²) in [6.07, 6.45) is 13.2. The number of ketones is 1. The highest BCUT2D eigenvalue weighted by Crippen LogP contribution is 2.64. The molecule has 192 valence electrons. The number of hydrogen-bond donors (Lipinski definition) is 1. The number of carbonyl (C=O) groups excluding carboxylic acids is 1. The summed E-state index contributed by atoms with van der Waals surface area (Å²) in [5.41, 5.74) is 8.49. The number of ether oxygens (including phenoxy) is 1. The predicted octanol–water partition coefficient (Wildman–Crippen LogP) is 5.73. The van der Waals surface area contributed by atoms with E-state index in [1.165, 1.54) is 28.0 Å². The van der Waals surface area contributed by atoms with Crippen molar-refractivity contribution in [2.24, 2.45) is 17.3 Å². The van der Waals surface area contributed by atoms with Crippen LogP contribution in [0.4, 0.5) is 5.69 Å². The number of rotatable bonds is 2. The molecule has 2 saturated carbocycles. The lowest BCUT2D eigenvalue weighted by atomic mass is 9.53. The summed E-state index contributed by atoms with van der Waals surface area (Å²) >= 11 is 0. The van der Waals surface area contributed by atoms with Gasteiger partial charge in [-0.3, -0.25) is 4.79 Å². The molecular weight excluding hydrogens is 446 g/mol. The third kappa shape index (κ3) is 4.35. The highest BCUT2D eigenvalue weighted by atomic mass is 16.5. The lowest BCUT2D eigenvalue weighted by molar-refractivity contribution is -0.114. The van der Waals surface area contributed by atoms with Crippen LogP contribution in [0.25, 0.3) is 0 Å². The van der Waals surface area contributed by atoms with Gasteiger partial charge in [0.05, 0.1) is 19.3 Å². The number of terminal acetylenes is 1. The monoisotopic (exact) mass is 487 g/mol. The Balaban J connectivity index is 0.000000848. The number of nitrogens with zero attached hydrogens (tertiary/aromatic N) is 1. The number of morpholine rings is 1. The number of hydrogen-bond acceptors (Lipinski definition) is 4. The first-order valence-corrected chi connectivity index (χ1v) is 13.8. The molecule has 0 bridgehead atoms. The van der Waals surface area contributed by atoms with Gasteiger partial charge in [0.15, 0.2) is 5.78 Å². The molecule has 1 heterocycles. The van der Waals surface area contributed by atoms with Crippen LogP contribution in [0.5, 0.6) is 0 Å². The zero-order valence-corrected chi connectivity index (χ0v) is 22.2. The quantitative estimate of drug-likeness (QED) is 0.541. The number of allylic oxidation sites excluding steroid dienone is 4. The number of benzene rings is 1. The predicted molar refractivity (Wildman–Crippen MR) is 145 cm³/mol. The highest BCUT2D eigenvalue weighted by Gasteiger charge is 2.56. The van der Waals surface area contributed by atoms with Crippen molar-refractivity contribution >= 4 is 11.5 Å². The Bertz CT molecular complexity index is 1120. The first-order valence-electron chi connectivity index (χ1n) is 13.8. The van der Waals surface area contributed by atoms with Crippen LogP contribution in [-0.4, -0.2) is 43.3 Å². The Morgan fingerprint density at radius 3 is 2.61 bits per heavy atom. The van der Waals surface area contributed by atoms with Gasteiger partial charge >= 0.3 is 0 Å². The van der Waals surface area contributed by atoms with Gasteiger partial charge in [0.2, 0.25) is 0 Å². The number of carbonyl (C=O) groups is 1. The Kier molecular flexibility index (Phi) is 7.16. The van der Waals surface area contributed by atoms with Crippen molar-refractivity contribution in [2.75, 3.05) is 31.2 Å². The summed E-state index contributed by atoms with van der Waals surface area (Å²) in [6, 6.07) is 7.04. The molecule has 0 aromatic heterocycles. The summed E-state index contributed by atoms with van der Waals surface area (Å²) in [7, 11) is 0. The van der Waals surface area contributed by atoms with Crippen LogP contribution >= 0.6 is 0 Å². The van der Waals surface area contributed by atoms with Gasteiger partial charge in [-0.2, -0.15) is 0 Å². The Morgan fingerprint density at radius 1 is 1.14 bits per heavy atom. The second-order valence-corrected chi connectivity index (χ2v) is 11.6. The van der Waals surface area contributed by atoms with Gasteiger partial charge in [0.1, 0.15) is 0 Å². The summed E-state index contributed by atoms with van der Waals surface area (Å²) in [5.74, 6) is 4.00. The lowest BCUT2D eigenvalue weighted by Gasteiger charge is -2.52. The third-order valence-electron chi connectivity index (χ3n) is 9.69. The van der Waals surface area contributed by atoms with Gasteiger partial charge < -0.3 is 14.7 Å². The summed E-state index contributed by atoms with van der Waals surface area (Å²) in [4.78, 5) is 14.6. The maximum Gasteiger partial charge on any atom is 0.156 e. The van der Waals surface area contributed by atoms with Crippen LogP contribution in [0.2, 0.25) is 0 Å². The zero-order valence-electron chi connectivity index (χ0n) is 22.2. The van der Waals surface area contributed by atoms with Crippen molar-refractivity contribution in [3.63, 3.8) is 0 Å². The molecule has 5 unspecified atom stereocenters. The van der Waals surface area contributed by atoms with Crippen molar-refractivity contribution in [3.05, 3.63) is 52.1 Å². The molecule has 1 saturated heterocycles. The maximum atomic E-state index is 12.2. The fraction of sp³-hybridized carbons (Fsp3) is 0.594. The molecule has 1 N–H and O–H groups in total. The minimum Gasteiger partial charge on any atom is -0.393 e. The Labute approximate surface area is 216 Å². The molecule has 1 aromatic rings. The van der Waals surface area contributed by atoms with Crippen LogP contribution in [0.15, 0.2) is 41.0 Å². The second-order valence-electron chi connectivity index (χ2n) is 11.6. The molecule has 4 nitrogen and oxygen atoms in total. The van der Waals surface area contributed by atoms with Crippen LogP contribution in [0.3, 0.4) is 0 Å². The summed E-state index contributed by atoms with van der Waals surface area (Å²) < 4.78 is 5.55. The van der Waals surface area contributed by atoms with Gasteiger partial charge in [-0.1, -0.05) is 18.6 Å². The number of aliphatic hydroxyl groups excluding tert-OH is 1. The Morgan fingerprint density at radius 2 is 1.89 bits per heavy atom. The van der Waals surface area contributed by atoms with Crippen LogP contribution in [-0.2, 0) is 9.53 Å². The molecule has 6 rings (SSSR count). The van der Waals surface area contributed by atoms with Crippen molar-refractivity contribution in [1.29, 1.82) is 0 Å². The molecule has 1 aliphatic heterocycles. The van der Waals surface area contributed by atoms with Gasteiger partial charge in [0.25, 0.3) is 0 Å². The van der Waals surface area contributed by atoms with Crippen molar-refractivity contribution in [3.8, 4) is 12.3 Å². The van der Waals surface area contributed by atoms with Crippen molar-refractivity contribution in [1.82, 2.24) is 0 Å². The third-order valence-corrected chi connectivity index (χ3v) is 9.69. The molecule has 0 amide bonds. The van der Waals surface area contributed by atoms with Crippen molar-refractivity contribution < 1.29 is 14.6 Å². The molecule has 0 spiro atoms. The second kappa shape index (κ2) is 10.2. The van der Waals surface area contributed by atoms with Gasteiger partial charge in [-0.25, -0.2) is 0 Å². The van der Waals surface area contributed by atoms with E-state index in [1.54, 1.807) is 12.5 Å². The van der Waals surface area contributed by atoms with Crippen LogP contribution in [0, 0.1) is 36.5 Å². The van der Waals surface area contributed by atoms with E-state index in [4.69, 9.17) is 4.74 Å². The van der Waals surface area contributed by atoms with Gasteiger partial charge in [-0.15, -0.1) is 12.3 Å². The van der Waals surface area contributed by atoms with E-state index in [9.17, 15) is 9.90 Å². The first kappa shape index (κ1) is 25.3. The van der Waals surface area contributed by atoms with E-state index in [0.29, 0.717) is 30.0 Å². The molecule has 36 heavy (non-hydrogen) atoms. The van der Waals surface area contributed by atoms with Crippen LogP contribution < -0.4 is 4.90 Å². The molecule has 4 heteroatoms. The number of anilines is 1. The SMILES string of the molecule is C#CC.Cc1cc(N2CCOCC2)ccc1C1CC2(C)C(O)CCC2C2CCC3=CC(=O)CCC3=C12. The Hall–Kier alpha value is -2.35. The minimum atomic E-state index is -0.200. The minimum absolute atomic E-state index is 0.0135. The molecule has 5 aliphatic rings. The normalized spacial score (nSPS) is 33.5. The van der Waals surface area contributed by atoms with E-state index in [1.807, 2.05) is 6.08 Å². The zero-order chi connectivity index (χ0) is 25.4. The molecule has 4 aliphatic carbocycles. The smallest absolute Gasteiger partial charge is 0.156 e. The number of aryl methyl sites for hydroxylation is 1.